The first-order chi connectivity index (χ1) is 15.0. The number of terminal acetylenes is 1. The Balaban J connectivity index is 1.65. The van der Waals surface area contributed by atoms with Crippen LogP contribution in [0.5, 0.6) is 0 Å². The SMILES string of the molecule is C#CCC(NC(=O)OCC1c2ccccc2-c2ccccc21)C(=O)N[C@H](CO)C(=O)O. The molecule has 2 aromatic carbocycles. The van der Waals surface area contributed by atoms with Gasteiger partial charge in [0.05, 0.1) is 6.61 Å². The second-order valence-corrected chi connectivity index (χ2v) is 7.01. The fourth-order valence-corrected chi connectivity index (χ4v) is 3.57. The summed E-state index contributed by atoms with van der Waals surface area (Å²) < 4.78 is 5.38. The Hall–Kier alpha value is -3.83. The largest absolute Gasteiger partial charge is 0.480 e. The molecule has 0 aromatic heterocycles. The molecule has 1 aliphatic rings. The van der Waals surface area contributed by atoms with E-state index in [-0.39, 0.29) is 18.9 Å². The molecule has 4 N–H and O–H groups in total. The van der Waals surface area contributed by atoms with Crippen LogP contribution in [0.1, 0.15) is 23.5 Å². The van der Waals surface area contributed by atoms with Crippen molar-refractivity contribution in [2.45, 2.75) is 24.4 Å². The van der Waals surface area contributed by atoms with E-state index in [0.29, 0.717) is 0 Å². The Kier molecular flexibility index (Phi) is 6.90. The lowest BCUT2D eigenvalue weighted by molar-refractivity contribution is -0.143. The molecule has 0 saturated carbocycles. The molecule has 2 atom stereocenters. The average Bonchev–Trinajstić information content (AvgIpc) is 3.09. The zero-order valence-corrected chi connectivity index (χ0v) is 16.6. The lowest BCUT2D eigenvalue weighted by Gasteiger charge is -2.20. The van der Waals surface area contributed by atoms with Crippen molar-refractivity contribution in [1.82, 2.24) is 10.6 Å². The first-order valence-electron chi connectivity index (χ1n) is 9.65. The molecule has 0 saturated heterocycles. The molecular weight excluding hydrogens is 400 g/mol. The molecule has 2 aromatic rings. The van der Waals surface area contributed by atoms with Crippen molar-refractivity contribution in [3.63, 3.8) is 0 Å². The van der Waals surface area contributed by atoms with Crippen molar-refractivity contribution in [3.05, 3.63) is 59.7 Å². The summed E-state index contributed by atoms with van der Waals surface area (Å²) in [5, 5.41) is 22.5. The van der Waals surface area contributed by atoms with Gasteiger partial charge in [-0.3, -0.25) is 4.79 Å². The van der Waals surface area contributed by atoms with E-state index in [1.165, 1.54) is 0 Å². The molecule has 0 aliphatic heterocycles. The van der Waals surface area contributed by atoms with E-state index >= 15 is 0 Å². The Morgan fingerprint density at radius 3 is 2.10 bits per heavy atom. The molecule has 1 aliphatic carbocycles. The third kappa shape index (κ3) is 4.85. The molecule has 8 heteroatoms. The monoisotopic (exact) mass is 422 g/mol. The second-order valence-electron chi connectivity index (χ2n) is 7.01. The number of aliphatic hydroxyl groups excluding tert-OH is 1. The number of fused-ring (bicyclic) bond motifs is 3. The van der Waals surface area contributed by atoms with Crippen LogP contribution in [0.25, 0.3) is 11.1 Å². The highest BCUT2D eigenvalue weighted by Crippen LogP contribution is 2.44. The zero-order chi connectivity index (χ0) is 22.4. The van der Waals surface area contributed by atoms with Crippen molar-refractivity contribution in [2.75, 3.05) is 13.2 Å². The molecule has 0 spiro atoms. The van der Waals surface area contributed by atoms with E-state index < -0.39 is 36.7 Å². The van der Waals surface area contributed by atoms with E-state index in [2.05, 4.69) is 16.6 Å². The minimum Gasteiger partial charge on any atom is -0.480 e. The molecular formula is C23H22N2O6. The van der Waals surface area contributed by atoms with Gasteiger partial charge in [-0.2, -0.15) is 0 Å². The number of ether oxygens (including phenoxy) is 1. The van der Waals surface area contributed by atoms with Gasteiger partial charge in [0.15, 0.2) is 0 Å². The maximum Gasteiger partial charge on any atom is 0.407 e. The lowest BCUT2D eigenvalue weighted by Crippen LogP contribution is -2.52. The molecule has 3 rings (SSSR count). The van der Waals surface area contributed by atoms with Crippen LogP contribution in [-0.2, 0) is 14.3 Å². The predicted molar refractivity (Wildman–Crippen MR) is 112 cm³/mol. The minimum absolute atomic E-state index is 0.0542. The molecule has 1 unspecified atom stereocenters. The van der Waals surface area contributed by atoms with Crippen molar-refractivity contribution < 1.29 is 29.3 Å². The number of aliphatic hydroxyl groups is 1. The van der Waals surface area contributed by atoms with Crippen molar-refractivity contribution in [3.8, 4) is 23.5 Å². The quantitative estimate of drug-likeness (QED) is 0.478. The lowest BCUT2D eigenvalue weighted by atomic mass is 9.98. The van der Waals surface area contributed by atoms with Crippen LogP contribution in [0.15, 0.2) is 48.5 Å². The highest BCUT2D eigenvalue weighted by molar-refractivity contribution is 5.89. The van der Waals surface area contributed by atoms with Crippen molar-refractivity contribution in [1.29, 1.82) is 0 Å². The molecule has 0 radical (unpaired) electrons. The summed E-state index contributed by atoms with van der Waals surface area (Å²) in [6.07, 6.45) is 4.23. The summed E-state index contributed by atoms with van der Waals surface area (Å²) in [6.45, 7) is -0.743. The smallest absolute Gasteiger partial charge is 0.407 e. The van der Waals surface area contributed by atoms with Gasteiger partial charge < -0.3 is 25.6 Å². The van der Waals surface area contributed by atoms with Gasteiger partial charge in [-0.15, -0.1) is 12.3 Å². The van der Waals surface area contributed by atoms with Crippen LogP contribution in [-0.4, -0.2) is 53.5 Å². The van der Waals surface area contributed by atoms with Crippen LogP contribution in [0, 0.1) is 12.3 Å². The maximum absolute atomic E-state index is 12.4. The predicted octanol–water partition coefficient (Wildman–Crippen LogP) is 1.48. The van der Waals surface area contributed by atoms with E-state index in [1.54, 1.807) is 0 Å². The standard InChI is InChI=1S/C23H22N2O6/c1-2-7-19(21(27)24-20(12-26)22(28)29)25-23(30)31-13-18-16-10-5-3-8-14(16)15-9-4-6-11-17(15)18/h1,3-6,8-11,18-20,26H,7,12-13H2,(H,24,27)(H,25,30)(H,28,29)/t19?,20-/m1/s1. The highest BCUT2D eigenvalue weighted by Gasteiger charge is 2.30. The Morgan fingerprint density at radius 1 is 1.00 bits per heavy atom. The fourth-order valence-electron chi connectivity index (χ4n) is 3.57. The second kappa shape index (κ2) is 9.78. The molecule has 0 bridgehead atoms. The maximum atomic E-state index is 12.4. The summed E-state index contributed by atoms with van der Waals surface area (Å²) in [5.41, 5.74) is 4.25. The van der Waals surface area contributed by atoms with Crippen LogP contribution < -0.4 is 10.6 Å². The highest BCUT2D eigenvalue weighted by atomic mass is 16.5. The minimum atomic E-state index is -1.50. The molecule has 8 nitrogen and oxygen atoms in total. The number of nitrogens with one attached hydrogen (secondary N) is 2. The van der Waals surface area contributed by atoms with Gasteiger partial charge in [0, 0.05) is 12.3 Å². The number of carboxylic acid groups (broad SMARTS) is 1. The first kappa shape index (κ1) is 21.9. The number of carbonyl (C=O) groups is 3. The van der Waals surface area contributed by atoms with E-state index in [0.717, 1.165) is 22.3 Å². The normalized spacial score (nSPS) is 13.8. The summed E-state index contributed by atoms with van der Waals surface area (Å²) in [7, 11) is 0. The van der Waals surface area contributed by atoms with Crippen molar-refractivity contribution in [2.24, 2.45) is 0 Å². The van der Waals surface area contributed by atoms with Gasteiger partial charge in [0.1, 0.15) is 18.7 Å². The average molecular weight is 422 g/mol. The number of hydrogen-bond donors (Lipinski definition) is 4. The van der Waals surface area contributed by atoms with Crippen LogP contribution >= 0.6 is 0 Å². The Bertz CT molecular complexity index is 983. The number of aliphatic carboxylic acids is 1. The van der Waals surface area contributed by atoms with Crippen LogP contribution in [0.4, 0.5) is 4.79 Å². The molecule has 31 heavy (non-hydrogen) atoms. The van der Waals surface area contributed by atoms with Crippen LogP contribution in [0.3, 0.4) is 0 Å². The molecule has 0 fully saturated rings. The first-order valence-corrected chi connectivity index (χ1v) is 9.65. The van der Waals surface area contributed by atoms with Gasteiger partial charge in [-0.25, -0.2) is 9.59 Å². The molecule has 0 heterocycles. The van der Waals surface area contributed by atoms with E-state index in [9.17, 15) is 14.4 Å². The third-order valence-electron chi connectivity index (χ3n) is 5.07. The van der Waals surface area contributed by atoms with E-state index in [1.807, 2.05) is 48.5 Å². The topological polar surface area (TPSA) is 125 Å². The number of carbonyl (C=O) groups excluding carboxylic acids is 2. The summed E-state index contributed by atoms with van der Waals surface area (Å²) in [4.78, 5) is 35.6. The van der Waals surface area contributed by atoms with Gasteiger partial charge in [0.25, 0.3) is 0 Å². The number of hydrogen-bond acceptors (Lipinski definition) is 5. The van der Waals surface area contributed by atoms with Crippen molar-refractivity contribution >= 4 is 18.0 Å². The van der Waals surface area contributed by atoms with Gasteiger partial charge >= 0.3 is 12.1 Å². The number of benzene rings is 2. The summed E-state index contributed by atoms with van der Waals surface area (Å²) in [5.74, 6) is -0.125. The third-order valence-corrected chi connectivity index (χ3v) is 5.07. The number of carboxylic acids is 1. The number of amides is 2. The number of alkyl carbamates (subject to hydrolysis) is 1. The van der Waals surface area contributed by atoms with Gasteiger partial charge in [-0.05, 0) is 22.3 Å². The molecule has 160 valence electrons. The Labute approximate surface area is 179 Å². The summed E-state index contributed by atoms with van der Waals surface area (Å²) in [6, 6.07) is 13.0. The number of rotatable bonds is 8. The Morgan fingerprint density at radius 2 is 1.58 bits per heavy atom. The van der Waals surface area contributed by atoms with Crippen LogP contribution in [0.2, 0.25) is 0 Å². The zero-order valence-electron chi connectivity index (χ0n) is 16.6. The molecule has 2 amide bonds. The fraction of sp³-hybridized carbons (Fsp3) is 0.261. The van der Waals surface area contributed by atoms with Gasteiger partial charge in [-0.1, -0.05) is 48.5 Å². The van der Waals surface area contributed by atoms with E-state index in [4.69, 9.17) is 21.4 Å². The van der Waals surface area contributed by atoms with Gasteiger partial charge in [0.2, 0.25) is 5.91 Å². The summed E-state index contributed by atoms with van der Waals surface area (Å²) >= 11 is 0.